The number of aryl methyl sites for hydroxylation is 1. The minimum Gasteiger partial charge on any atom is -0.396 e. The summed E-state index contributed by atoms with van der Waals surface area (Å²) in [5, 5.41) is 13.6. The summed E-state index contributed by atoms with van der Waals surface area (Å²) in [5.41, 5.74) is 2.45. The van der Waals surface area contributed by atoms with Gasteiger partial charge < -0.3 is 15.3 Å². The van der Waals surface area contributed by atoms with E-state index < -0.39 is 0 Å². The molecule has 0 spiro atoms. The average Bonchev–Trinajstić information content (AvgIpc) is 2.50. The Morgan fingerprint density at radius 3 is 3.05 bits per heavy atom. The minimum atomic E-state index is 0.334. The summed E-state index contributed by atoms with van der Waals surface area (Å²) < 4.78 is 0. The fourth-order valence-corrected chi connectivity index (χ4v) is 3.32. The number of rotatable bonds is 7. The van der Waals surface area contributed by atoms with E-state index in [1.165, 1.54) is 30.5 Å². The van der Waals surface area contributed by atoms with Crippen molar-refractivity contribution in [3.63, 3.8) is 0 Å². The van der Waals surface area contributed by atoms with Gasteiger partial charge in [-0.2, -0.15) is 0 Å². The third-order valence-corrected chi connectivity index (χ3v) is 4.70. The monoisotopic (exact) mass is 310 g/mol. The van der Waals surface area contributed by atoms with Gasteiger partial charge in [0.1, 0.15) is 0 Å². The summed E-state index contributed by atoms with van der Waals surface area (Å²) in [5.74, 6) is 0.484. The first-order valence-electron chi connectivity index (χ1n) is 7.98. The number of aliphatic hydroxyl groups is 1. The summed E-state index contributed by atoms with van der Waals surface area (Å²) in [4.78, 5) is 2.48. The smallest absolute Gasteiger partial charge is 0.0471 e. The van der Waals surface area contributed by atoms with Gasteiger partial charge in [0, 0.05) is 24.7 Å². The zero-order valence-electron chi connectivity index (χ0n) is 12.9. The standard InChI is InChI=1S/C17H27ClN2O/c1-14-5-2-7-17(18)16(14)11-19-8-4-10-20-9-3-6-15(12-20)13-21/h2,5,7,15,19,21H,3-4,6,8-13H2,1H3. The molecule has 1 atom stereocenters. The van der Waals surface area contributed by atoms with Gasteiger partial charge in [-0.1, -0.05) is 23.7 Å². The zero-order chi connectivity index (χ0) is 15.1. The van der Waals surface area contributed by atoms with Gasteiger partial charge >= 0.3 is 0 Å². The lowest BCUT2D eigenvalue weighted by Gasteiger charge is -2.31. The molecule has 1 aliphatic heterocycles. The topological polar surface area (TPSA) is 35.5 Å². The summed E-state index contributed by atoms with van der Waals surface area (Å²) in [6, 6.07) is 6.05. The SMILES string of the molecule is Cc1cccc(Cl)c1CNCCCN1CCCC(CO)C1. The van der Waals surface area contributed by atoms with Gasteiger partial charge in [0.05, 0.1) is 0 Å². The highest BCUT2D eigenvalue weighted by Gasteiger charge is 2.18. The highest BCUT2D eigenvalue weighted by Crippen LogP contribution is 2.19. The third-order valence-electron chi connectivity index (χ3n) is 4.34. The molecule has 0 radical (unpaired) electrons. The number of likely N-dealkylation sites (tertiary alicyclic amines) is 1. The molecule has 21 heavy (non-hydrogen) atoms. The molecule has 1 aliphatic rings. The quantitative estimate of drug-likeness (QED) is 0.760. The molecule has 1 unspecified atom stereocenters. The van der Waals surface area contributed by atoms with Crippen molar-refractivity contribution < 1.29 is 5.11 Å². The number of aliphatic hydroxyl groups excluding tert-OH is 1. The summed E-state index contributed by atoms with van der Waals surface area (Å²) in [6.45, 7) is 7.63. The second-order valence-corrected chi connectivity index (χ2v) is 6.46. The zero-order valence-corrected chi connectivity index (χ0v) is 13.7. The van der Waals surface area contributed by atoms with Crippen molar-refractivity contribution >= 4 is 11.6 Å². The van der Waals surface area contributed by atoms with E-state index in [1.807, 2.05) is 12.1 Å². The van der Waals surface area contributed by atoms with Crippen LogP contribution < -0.4 is 5.32 Å². The molecule has 2 rings (SSSR count). The Labute approximate surface area is 133 Å². The molecule has 0 aliphatic carbocycles. The Balaban J connectivity index is 1.64. The molecule has 0 saturated carbocycles. The van der Waals surface area contributed by atoms with Crippen molar-refractivity contribution in [1.29, 1.82) is 0 Å². The Hall–Kier alpha value is -0.610. The van der Waals surface area contributed by atoms with Crippen LogP contribution in [0.25, 0.3) is 0 Å². The lowest BCUT2D eigenvalue weighted by molar-refractivity contribution is 0.119. The number of hydrogen-bond acceptors (Lipinski definition) is 3. The number of halogens is 1. The van der Waals surface area contributed by atoms with Gasteiger partial charge in [0.2, 0.25) is 0 Å². The summed E-state index contributed by atoms with van der Waals surface area (Å²) in [6.07, 6.45) is 3.54. The van der Waals surface area contributed by atoms with Gasteiger partial charge in [-0.05, 0) is 68.9 Å². The van der Waals surface area contributed by atoms with Crippen LogP contribution in [0.5, 0.6) is 0 Å². The number of piperidine rings is 1. The third kappa shape index (κ3) is 5.26. The lowest BCUT2D eigenvalue weighted by Crippen LogP contribution is -2.38. The highest BCUT2D eigenvalue weighted by atomic mass is 35.5. The average molecular weight is 311 g/mol. The van der Waals surface area contributed by atoms with Crippen LogP contribution in [0.15, 0.2) is 18.2 Å². The normalized spacial score (nSPS) is 19.9. The van der Waals surface area contributed by atoms with Crippen molar-refractivity contribution in [2.75, 3.05) is 32.8 Å². The summed E-state index contributed by atoms with van der Waals surface area (Å²) in [7, 11) is 0. The second kappa shape index (κ2) is 8.74. The maximum absolute atomic E-state index is 9.24. The van der Waals surface area contributed by atoms with E-state index in [0.29, 0.717) is 12.5 Å². The molecule has 1 aromatic rings. The number of benzene rings is 1. The van der Waals surface area contributed by atoms with Gasteiger partial charge in [0.25, 0.3) is 0 Å². The van der Waals surface area contributed by atoms with E-state index in [2.05, 4.69) is 23.2 Å². The lowest BCUT2D eigenvalue weighted by atomic mass is 9.99. The Morgan fingerprint density at radius 2 is 2.29 bits per heavy atom. The molecule has 0 amide bonds. The number of nitrogens with one attached hydrogen (secondary N) is 1. The molecule has 118 valence electrons. The van der Waals surface area contributed by atoms with Crippen molar-refractivity contribution in [2.24, 2.45) is 5.92 Å². The fourth-order valence-electron chi connectivity index (χ4n) is 3.03. The van der Waals surface area contributed by atoms with Crippen LogP contribution >= 0.6 is 11.6 Å². The first kappa shape index (κ1) is 16.8. The van der Waals surface area contributed by atoms with Gasteiger partial charge in [-0.15, -0.1) is 0 Å². The van der Waals surface area contributed by atoms with E-state index >= 15 is 0 Å². The molecule has 1 saturated heterocycles. The first-order valence-corrected chi connectivity index (χ1v) is 8.36. The number of hydrogen-bond donors (Lipinski definition) is 2. The van der Waals surface area contributed by atoms with Crippen LogP contribution in [-0.4, -0.2) is 42.8 Å². The molecule has 1 heterocycles. The molecule has 1 fully saturated rings. The summed E-state index contributed by atoms with van der Waals surface area (Å²) >= 11 is 6.22. The first-order chi connectivity index (χ1) is 10.2. The van der Waals surface area contributed by atoms with Crippen molar-refractivity contribution in [3.05, 3.63) is 34.3 Å². The minimum absolute atomic E-state index is 0.334. The van der Waals surface area contributed by atoms with Gasteiger partial charge in [0.15, 0.2) is 0 Å². The predicted molar refractivity (Wildman–Crippen MR) is 88.8 cm³/mol. The van der Waals surface area contributed by atoms with Crippen LogP contribution in [0, 0.1) is 12.8 Å². The van der Waals surface area contributed by atoms with Crippen molar-refractivity contribution in [3.8, 4) is 0 Å². The molecule has 0 bridgehead atoms. The highest BCUT2D eigenvalue weighted by molar-refractivity contribution is 6.31. The molecular formula is C17H27ClN2O. The molecular weight excluding hydrogens is 284 g/mol. The Morgan fingerprint density at radius 1 is 1.43 bits per heavy atom. The molecule has 4 heteroatoms. The maximum atomic E-state index is 9.24. The van der Waals surface area contributed by atoms with Crippen LogP contribution in [0.1, 0.15) is 30.4 Å². The fraction of sp³-hybridized carbons (Fsp3) is 0.647. The molecule has 3 nitrogen and oxygen atoms in total. The van der Waals surface area contributed by atoms with Gasteiger partial charge in [-0.3, -0.25) is 0 Å². The van der Waals surface area contributed by atoms with Crippen LogP contribution in [0.3, 0.4) is 0 Å². The molecule has 0 aromatic heterocycles. The van der Waals surface area contributed by atoms with E-state index in [0.717, 1.165) is 37.6 Å². The molecule has 2 N–H and O–H groups in total. The van der Waals surface area contributed by atoms with Crippen LogP contribution in [0.2, 0.25) is 5.02 Å². The second-order valence-electron chi connectivity index (χ2n) is 6.06. The van der Waals surface area contributed by atoms with E-state index in [9.17, 15) is 5.11 Å². The predicted octanol–water partition coefficient (Wildman–Crippen LogP) is 2.83. The van der Waals surface area contributed by atoms with E-state index in [1.54, 1.807) is 0 Å². The van der Waals surface area contributed by atoms with Crippen LogP contribution in [0.4, 0.5) is 0 Å². The molecule has 1 aromatic carbocycles. The number of nitrogens with zero attached hydrogens (tertiary/aromatic N) is 1. The van der Waals surface area contributed by atoms with Gasteiger partial charge in [-0.25, -0.2) is 0 Å². The van der Waals surface area contributed by atoms with Crippen molar-refractivity contribution in [1.82, 2.24) is 10.2 Å². The largest absolute Gasteiger partial charge is 0.396 e. The van der Waals surface area contributed by atoms with Crippen LogP contribution in [-0.2, 0) is 6.54 Å². The maximum Gasteiger partial charge on any atom is 0.0471 e. The van der Waals surface area contributed by atoms with E-state index in [4.69, 9.17) is 11.6 Å². The Bertz CT molecular complexity index is 419. The Kier molecular flexibility index (Phi) is 6.97. The van der Waals surface area contributed by atoms with E-state index in [-0.39, 0.29) is 0 Å². The van der Waals surface area contributed by atoms with Crippen molar-refractivity contribution in [2.45, 2.75) is 32.7 Å².